The summed E-state index contributed by atoms with van der Waals surface area (Å²) in [6.45, 7) is 1.95. The molecule has 4 amide bonds. The summed E-state index contributed by atoms with van der Waals surface area (Å²) in [5.74, 6) is -0.760. The van der Waals surface area contributed by atoms with Crippen LogP contribution in [0.2, 0.25) is 5.02 Å². The molecule has 3 heterocycles. The third kappa shape index (κ3) is 4.20. The van der Waals surface area contributed by atoms with Crippen LogP contribution in [0.3, 0.4) is 0 Å². The highest BCUT2D eigenvalue weighted by Crippen LogP contribution is 2.38. The number of hydrogen-bond donors (Lipinski definition) is 1. The molecule has 1 unspecified atom stereocenters. The van der Waals surface area contributed by atoms with Gasteiger partial charge in [-0.2, -0.15) is 0 Å². The second kappa shape index (κ2) is 9.22. The van der Waals surface area contributed by atoms with Gasteiger partial charge in [0.25, 0.3) is 5.91 Å². The number of benzene rings is 2. The van der Waals surface area contributed by atoms with Crippen molar-refractivity contribution in [2.24, 2.45) is 0 Å². The third-order valence-electron chi connectivity index (χ3n) is 6.80. The lowest BCUT2D eigenvalue weighted by molar-refractivity contribution is -0.137. The Balaban J connectivity index is 1.28. The first-order valence-electron chi connectivity index (χ1n) is 11.4. The number of nitrogens with one attached hydrogen (secondary N) is 1. The molecule has 10 heteroatoms. The van der Waals surface area contributed by atoms with E-state index in [1.165, 1.54) is 15.9 Å². The van der Waals surface area contributed by atoms with E-state index >= 15 is 0 Å². The summed E-state index contributed by atoms with van der Waals surface area (Å²) < 4.78 is 14.1. The lowest BCUT2D eigenvalue weighted by Crippen LogP contribution is -2.51. The lowest BCUT2D eigenvalue weighted by Gasteiger charge is -2.36. The van der Waals surface area contributed by atoms with E-state index in [-0.39, 0.29) is 36.8 Å². The van der Waals surface area contributed by atoms with Crippen LogP contribution in [-0.2, 0) is 9.59 Å². The molecule has 35 heavy (non-hydrogen) atoms. The van der Waals surface area contributed by atoms with Gasteiger partial charge in [-0.1, -0.05) is 41.9 Å². The summed E-state index contributed by atoms with van der Waals surface area (Å²) >= 11 is 6.37. The van der Waals surface area contributed by atoms with Crippen molar-refractivity contribution in [1.29, 1.82) is 0 Å². The Hall–Kier alpha value is -3.59. The molecule has 1 fully saturated rings. The molecule has 0 saturated carbocycles. The summed E-state index contributed by atoms with van der Waals surface area (Å²) in [6.07, 6.45) is 0. The van der Waals surface area contributed by atoms with Crippen molar-refractivity contribution in [1.82, 2.24) is 20.0 Å². The van der Waals surface area contributed by atoms with Gasteiger partial charge in [-0.05, 0) is 23.8 Å². The molecule has 3 aliphatic rings. The summed E-state index contributed by atoms with van der Waals surface area (Å²) in [5, 5.41) is 3.30. The second-order valence-corrected chi connectivity index (χ2v) is 9.21. The van der Waals surface area contributed by atoms with E-state index in [1.54, 1.807) is 54.4 Å². The van der Waals surface area contributed by atoms with Gasteiger partial charge in [-0.25, -0.2) is 9.18 Å². The van der Waals surface area contributed by atoms with Crippen LogP contribution in [0.1, 0.15) is 11.6 Å². The first-order valence-corrected chi connectivity index (χ1v) is 11.8. The van der Waals surface area contributed by atoms with Gasteiger partial charge in [0.15, 0.2) is 0 Å². The molecule has 2 aromatic carbocycles. The average Bonchev–Trinajstić information content (AvgIpc) is 3.18. The van der Waals surface area contributed by atoms with Crippen LogP contribution in [0.15, 0.2) is 59.8 Å². The molecule has 0 radical (unpaired) electrons. The molecule has 1 atom stereocenters. The highest BCUT2D eigenvalue weighted by atomic mass is 35.5. The lowest BCUT2D eigenvalue weighted by atomic mass is 9.96. The number of hydrogen-bond acceptors (Lipinski definition) is 4. The normalized spacial score (nSPS) is 20.4. The van der Waals surface area contributed by atoms with E-state index in [0.717, 1.165) is 0 Å². The number of piperazine rings is 1. The number of carbonyl (C=O) groups is 3. The first-order chi connectivity index (χ1) is 16.8. The number of rotatable bonds is 4. The van der Waals surface area contributed by atoms with Crippen LogP contribution < -0.4 is 10.2 Å². The van der Waals surface area contributed by atoms with Gasteiger partial charge >= 0.3 is 6.03 Å². The van der Waals surface area contributed by atoms with E-state index in [9.17, 15) is 18.8 Å². The van der Waals surface area contributed by atoms with Crippen LogP contribution in [0.4, 0.5) is 14.9 Å². The minimum Gasteiger partial charge on any atom is -0.366 e. The van der Waals surface area contributed by atoms with E-state index in [4.69, 9.17) is 11.6 Å². The molecule has 0 aliphatic carbocycles. The van der Waals surface area contributed by atoms with Crippen molar-refractivity contribution >= 4 is 35.1 Å². The number of amides is 4. The summed E-state index contributed by atoms with van der Waals surface area (Å²) in [6, 6.07) is 12.6. The number of nitrogens with zero attached hydrogens (tertiary/aromatic N) is 4. The largest absolute Gasteiger partial charge is 0.366 e. The van der Waals surface area contributed by atoms with Crippen molar-refractivity contribution in [2.75, 3.05) is 51.2 Å². The zero-order valence-electron chi connectivity index (χ0n) is 19.2. The van der Waals surface area contributed by atoms with E-state index in [0.29, 0.717) is 53.7 Å². The first kappa shape index (κ1) is 23.2. The number of halogens is 2. The number of urea groups is 1. The quantitative estimate of drug-likeness (QED) is 0.704. The van der Waals surface area contributed by atoms with Gasteiger partial charge in [0.1, 0.15) is 12.4 Å². The molecule has 5 rings (SSSR count). The Morgan fingerprint density at radius 3 is 2.46 bits per heavy atom. The molecule has 1 N–H and O–H groups in total. The molecule has 0 aromatic heterocycles. The maximum Gasteiger partial charge on any atom is 0.322 e. The second-order valence-electron chi connectivity index (χ2n) is 8.80. The van der Waals surface area contributed by atoms with Gasteiger partial charge < -0.3 is 20.0 Å². The summed E-state index contributed by atoms with van der Waals surface area (Å²) in [7, 11) is 1.61. The number of carbonyl (C=O) groups excluding carboxylic acids is 3. The zero-order chi connectivity index (χ0) is 24.7. The Kier molecular flexibility index (Phi) is 6.10. The van der Waals surface area contributed by atoms with Gasteiger partial charge in [0.05, 0.1) is 29.5 Å². The minimum absolute atomic E-state index is 0.0944. The molecule has 3 aliphatic heterocycles. The zero-order valence-corrected chi connectivity index (χ0v) is 20.0. The van der Waals surface area contributed by atoms with Crippen molar-refractivity contribution in [3.63, 3.8) is 0 Å². The third-order valence-corrected chi connectivity index (χ3v) is 7.15. The fraction of sp³-hybridized carbons (Fsp3) is 0.320. The van der Waals surface area contributed by atoms with E-state index in [1.807, 2.05) is 4.90 Å². The van der Waals surface area contributed by atoms with Gasteiger partial charge in [-0.15, -0.1) is 0 Å². The molecule has 8 nitrogen and oxygen atoms in total. The summed E-state index contributed by atoms with van der Waals surface area (Å²) in [4.78, 5) is 45.6. The Labute approximate surface area is 207 Å². The summed E-state index contributed by atoms with van der Waals surface area (Å²) in [5.41, 5.74) is 2.16. The highest BCUT2D eigenvalue weighted by molar-refractivity contribution is 6.31. The maximum atomic E-state index is 14.1. The smallest absolute Gasteiger partial charge is 0.322 e. The van der Waals surface area contributed by atoms with Crippen LogP contribution in [0.25, 0.3) is 0 Å². The molecule has 1 saturated heterocycles. The topological polar surface area (TPSA) is 76.2 Å². The molecule has 0 bridgehead atoms. The monoisotopic (exact) mass is 497 g/mol. The van der Waals surface area contributed by atoms with E-state index < -0.39 is 6.04 Å². The average molecular weight is 498 g/mol. The van der Waals surface area contributed by atoms with Crippen LogP contribution in [0.5, 0.6) is 0 Å². The predicted molar refractivity (Wildman–Crippen MR) is 129 cm³/mol. The standard InChI is InChI=1S/C25H25ClFN5O3/c1-29-20-14-32(24(34)22(20)23(28-25(29)35)16-6-2-3-7-17(16)26)15-21(33)31-12-10-30(11-13-31)19-9-5-4-8-18(19)27/h2-9,23H,10-15H2,1H3,(H,28,35). The molecular formula is C25H25ClFN5O3. The minimum atomic E-state index is -0.681. The van der Waals surface area contributed by atoms with Gasteiger partial charge in [-0.3, -0.25) is 14.5 Å². The molecular weight excluding hydrogens is 473 g/mol. The van der Waals surface area contributed by atoms with Gasteiger partial charge in [0, 0.05) is 38.2 Å². The number of para-hydroxylation sites is 1. The highest BCUT2D eigenvalue weighted by Gasteiger charge is 2.44. The fourth-order valence-corrected chi connectivity index (χ4v) is 5.11. The van der Waals surface area contributed by atoms with Crippen molar-refractivity contribution in [2.45, 2.75) is 6.04 Å². The Morgan fingerprint density at radius 1 is 1.06 bits per heavy atom. The van der Waals surface area contributed by atoms with Crippen LogP contribution >= 0.6 is 11.6 Å². The van der Waals surface area contributed by atoms with Crippen LogP contribution in [0, 0.1) is 5.82 Å². The SMILES string of the molecule is CN1C(=O)NC(c2ccccc2Cl)C2=C1CN(CC(=O)N1CCN(c3ccccc3F)CC1)C2=O. The van der Waals surface area contributed by atoms with E-state index in [2.05, 4.69) is 5.32 Å². The van der Waals surface area contributed by atoms with Gasteiger partial charge in [0.2, 0.25) is 5.91 Å². The van der Waals surface area contributed by atoms with Crippen LogP contribution in [-0.4, -0.2) is 78.9 Å². The molecule has 2 aromatic rings. The Bertz CT molecular complexity index is 1230. The van der Waals surface area contributed by atoms with Crippen molar-refractivity contribution in [3.05, 3.63) is 76.2 Å². The number of likely N-dealkylation sites (N-methyl/N-ethyl adjacent to an activating group) is 1. The predicted octanol–water partition coefficient (Wildman–Crippen LogP) is 2.62. The fourth-order valence-electron chi connectivity index (χ4n) is 4.86. The number of anilines is 1. The molecule has 0 spiro atoms. The van der Waals surface area contributed by atoms with Crippen molar-refractivity contribution in [3.8, 4) is 0 Å². The maximum absolute atomic E-state index is 14.1. The molecule has 182 valence electrons. The Morgan fingerprint density at radius 2 is 1.74 bits per heavy atom. The van der Waals surface area contributed by atoms with Crippen molar-refractivity contribution < 1.29 is 18.8 Å².